The molecule has 3 atom stereocenters. The van der Waals surface area contributed by atoms with Gasteiger partial charge in [0.25, 0.3) is 0 Å². The summed E-state index contributed by atoms with van der Waals surface area (Å²) in [5, 5.41) is 4.13. The smallest absolute Gasteiger partial charge is 0.137 e. The van der Waals surface area contributed by atoms with Crippen LogP contribution in [0.15, 0.2) is 24.3 Å². The molecule has 1 aromatic rings. The van der Waals surface area contributed by atoms with E-state index in [2.05, 4.69) is 12.2 Å². The lowest BCUT2D eigenvalue weighted by Crippen LogP contribution is -2.43. The van der Waals surface area contributed by atoms with Gasteiger partial charge in [-0.3, -0.25) is 0 Å². The maximum atomic E-state index is 10.9. The van der Waals surface area contributed by atoms with Crippen molar-refractivity contribution in [3.05, 3.63) is 34.9 Å². The molecular formula is C13H16ClNO. The number of carbonyl (C=O) groups is 1. The number of hydrogen-bond acceptors (Lipinski definition) is 2. The highest BCUT2D eigenvalue weighted by Crippen LogP contribution is 2.28. The minimum Gasteiger partial charge on any atom is -0.302 e. The van der Waals surface area contributed by atoms with Crippen LogP contribution in [0.5, 0.6) is 0 Å². The van der Waals surface area contributed by atoms with Gasteiger partial charge < -0.3 is 10.1 Å². The Balaban J connectivity index is 2.11. The molecule has 0 radical (unpaired) electrons. The maximum absolute atomic E-state index is 10.9. The van der Waals surface area contributed by atoms with Gasteiger partial charge in [-0.15, -0.1) is 0 Å². The summed E-state index contributed by atoms with van der Waals surface area (Å²) in [5.74, 6) is 0.432. The molecule has 1 aliphatic heterocycles. The Labute approximate surface area is 101 Å². The molecular weight excluding hydrogens is 222 g/mol. The van der Waals surface area contributed by atoms with E-state index in [-0.39, 0.29) is 12.1 Å². The molecule has 0 aliphatic carbocycles. The second-order valence-electron chi connectivity index (χ2n) is 4.49. The third-order valence-electron chi connectivity index (χ3n) is 3.34. The molecule has 0 spiro atoms. The minimum absolute atomic E-state index is 0.0190. The highest BCUT2D eigenvalue weighted by atomic mass is 35.5. The number of hydrogen-bond donors (Lipinski definition) is 1. The zero-order chi connectivity index (χ0) is 11.5. The van der Waals surface area contributed by atoms with Crippen molar-refractivity contribution in [2.75, 3.05) is 0 Å². The van der Waals surface area contributed by atoms with E-state index >= 15 is 0 Å². The average molecular weight is 238 g/mol. The number of rotatable bonds is 2. The third-order valence-corrected chi connectivity index (χ3v) is 3.59. The van der Waals surface area contributed by atoms with Gasteiger partial charge in [-0.05, 0) is 36.5 Å². The van der Waals surface area contributed by atoms with Crippen LogP contribution < -0.4 is 5.32 Å². The van der Waals surface area contributed by atoms with Crippen LogP contribution in [0.4, 0.5) is 0 Å². The average Bonchev–Trinajstić information content (AvgIpc) is 2.31. The molecule has 0 aromatic heterocycles. The van der Waals surface area contributed by atoms with Crippen molar-refractivity contribution in [2.45, 2.75) is 31.8 Å². The zero-order valence-corrected chi connectivity index (χ0v) is 10.1. The molecule has 16 heavy (non-hydrogen) atoms. The predicted molar refractivity (Wildman–Crippen MR) is 65.6 cm³/mol. The van der Waals surface area contributed by atoms with E-state index < -0.39 is 0 Å². The van der Waals surface area contributed by atoms with Crippen LogP contribution >= 0.6 is 11.6 Å². The number of aldehydes is 1. The molecule has 3 unspecified atom stereocenters. The molecule has 3 heteroatoms. The van der Waals surface area contributed by atoms with Gasteiger partial charge in [0.15, 0.2) is 0 Å². The summed E-state index contributed by atoms with van der Waals surface area (Å²) < 4.78 is 0. The summed E-state index contributed by atoms with van der Waals surface area (Å²) in [6.07, 6.45) is 3.18. The minimum atomic E-state index is -0.0190. The molecule has 1 aromatic carbocycles. The summed E-state index contributed by atoms with van der Waals surface area (Å²) in [6, 6.07) is 8.10. The Kier molecular flexibility index (Phi) is 3.62. The first-order valence-electron chi connectivity index (χ1n) is 5.67. The molecule has 2 rings (SSSR count). The van der Waals surface area contributed by atoms with Gasteiger partial charge in [0.2, 0.25) is 0 Å². The van der Waals surface area contributed by atoms with E-state index in [9.17, 15) is 4.79 Å². The van der Waals surface area contributed by atoms with Crippen molar-refractivity contribution in [3.63, 3.8) is 0 Å². The Morgan fingerprint density at radius 2 is 2.00 bits per heavy atom. The quantitative estimate of drug-likeness (QED) is 0.802. The summed E-state index contributed by atoms with van der Waals surface area (Å²) in [4.78, 5) is 10.9. The fourth-order valence-electron chi connectivity index (χ4n) is 2.22. The fourth-order valence-corrected chi connectivity index (χ4v) is 2.35. The number of benzene rings is 1. The summed E-state index contributed by atoms with van der Waals surface area (Å²) in [5.41, 5.74) is 1.21. The normalized spacial score (nSPS) is 30.0. The molecule has 86 valence electrons. The molecule has 1 aliphatic rings. The largest absolute Gasteiger partial charge is 0.302 e. The molecule has 1 N–H and O–H groups in total. The number of halogens is 1. The van der Waals surface area contributed by atoms with Gasteiger partial charge in [-0.1, -0.05) is 30.7 Å². The molecule has 0 bridgehead atoms. The van der Waals surface area contributed by atoms with Crippen LogP contribution in [0.2, 0.25) is 5.02 Å². The van der Waals surface area contributed by atoms with Gasteiger partial charge in [0.1, 0.15) is 6.29 Å². The molecule has 1 heterocycles. The number of nitrogens with one attached hydrogen (secondary N) is 1. The van der Waals surface area contributed by atoms with E-state index in [0.717, 1.165) is 24.2 Å². The van der Waals surface area contributed by atoms with Crippen molar-refractivity contribution in [1.29, 1.82) is 0 Å². The first-order valence-corrected chi connectivity index (χ1v) is 6.05. The van der Waals surface area contributed by atoms with Crippen molar-refractivity contribution >= 4 is 17.9 Å². The third kappa shape index (κ3) is 2.45. The lowest BCUT2D eigenvalue weighted by atomic mass is 9.87. The van der Waals surface area contributed by atoms with Crippen LogP contribution in [0.1, 0.15) is 31.4 Å². The van der Waals surface area contributed by atoms with Crippen LogP contribution in [0.25, 0.3) is 0 Å². The van der Waals surface area contributed by atoms with Crippen molar-refractivity contribution in [2.24, 2.45) is 5.92 Å². The van der Waals surface area contributed by atoms with Crippen LogP contribution in [0, 0.1) is 5.92 Å². The molecule has 1 saturated heterocycles. The predicted octanol–water partition coefficient (Wildman–Crippen LogP) is 2.97. The van der Waals surface area contributed by atoms with Gasteiger partial charge in [0, 0.05) is 11.1 Å². The SMILES string of the molecule is CC1CCC(c2ccc(Cl)cc2)NC1C=O. The molecule has 0 saturated carbocycles. The number of piperidine rings is 1. The van der Waals surface area contributed by atoms with Crippen LogP contribution in [-0.2, 0) is 4.79 Å². The van der Waals surface area contributed by atoms with Gasteiger partial charge in [0.05, 0.1) is 6.04 Å². The summed E-state index contributed by atoms with van der Waals surface area (Å²) in [6.45, 7) is 2.12. The Hall–Kier alpha value is -0.860. The standard InChI is InChI=1S/C13H16ClNO/c1-9-2-7-12(15-13(9)8-16)10-3-5-11(14)6-4-10/h3-6,8-9,12-13,15H,2,7H2,1H3. The van der Waals surface area contributed by atoms with E-state index in [0.29, 0.717) is 5.92 Å². The van der Waals surface area contributed by atoms with Crippen molar-refractivity contribution in [3.8, 4) is 0 Å². The molecule has 2 nitrogen and oxygen atoms in total. The van der Waals surface area contributed by atoms with Gasteiger partial charge >= 0.3 is 0 Å². The first kappa shape index (κ1) is 11.6. The topological polar surface area (TPSA) is 29.1 Å². The van der Waals surface area contributed by atoms with E-state index in [4.69, 9.17) is 11.6 Å². The first-order chi connectivity index (χ1) is 7.70. The molecule has 1 fully saturated rings. The van der Waals surface area contributed by atoms with Gasteiger partial charge in [-0.2, -0.15) is 0 Å². The summed E-state index contributed by atoms with van der Waals surface area (Å²) in [7, 11) is 0. The van der Waals surface area contributed by atoms with E-state index in [1.807, 2.05) is 24.3 Å². The monoisotopic (exact) mass is 237 g/mol. The van der Waals surface area contributed by atoms with Crippen LogP contribution in [-0.4, -0.2) is 12.3 Å². The van der Waals surface area contributed by atoms with Gasteiger partial charge in [-0.25, -0.2) is 0 Å². The fraction of sp³-hybridized carbons (Fsp3) is 0.462. The maximum Gasteiger partial charge on any atom is 0.137 e. The Morgan fingerprint density at radius 1 is 1.31 bits per heavy atom. The van der Waals surface area contributed by atoms with Crippen LogP contribution in [0.3, 0.4) is 0 Å². The lowest BCUT2D eigenvalue weighted by Gasteiger charge is -2.33. The van der Waals surface area contributed by atoms with E-state index in [1.165, 1.54) is 5.56 Å². The summed E-state index contributed by atoms with van der Waals surface area (Å²) >= 11 is 5.85. The second kappa shape index (κ2) is 4.98. The second-order valence-corrected chi connectivity index (χ2v) is 4.92. The Bertz CT molecular complexity index is 363. The highest BCUT2D eigenvalue weighted by molar-refractivity contribution is 6.30. The van der Waals surface area contributed by atoms with Crippen molar-refractivity contribution in [1.82, 2.24) is 5.32 Å². The Morgan fingerprint density at radius 3 is 2.62 bits per heavy atom. The van der Waals surface area contributed by atoms with Crippen molar-refractivity contribution < 1.29 is 4.79 Å². The lowest BCUT2D eigenvalue weighted by molar-refractivity contribution is -0.111. The van der Waals surface area contributed by atoms with E-state index in [1.54, 1.807) is 0 Å². The molecule has 0 amide bonds. The number of carbonyl (C=O) groups excluding carboxylic acids is 1. The highest BCUT2D eigenvalue weighted by Gasteiger charge is 2.27. The zero-order valence-electron chi connectivity index (χ0n) is 9.32.